The first kappa shape index (κ1) is 27.8. The summed E-state index contributed by atoms with van der Waals surface area (Å²) < 4.78 is 10.4. The van der Waals surface area contributed by atoms with E-state index in [0.717, 1.165) is 17.5 Å². The topological polar surface area (TPSA) is 142 Å². The molecule has 0 aliphatic heterocycles. The highest BCUT2D eigenvalue weighted by atomic mass is 16.5. The number of aliphatic hydroxyl groups excluding tert-OH is 1. The quantitative estimate of drug-likeness (QED) is 0.161. The maximum Gasteiger partial charge on any atom is 0.200 e. The van der Waals surface area contributed by atoms with Gasteiger partial charge in [0.25, 0.3) is 0 Å². The van der Waals surface area contributed by atoms with Crippen LogP contribution in [0.2, 0.25) is 0 Å². The standard InChI is InChI=1S/C29H35NO7/c1-36-28-16-22(15-26(34)29(28)35)21(10-7-19-5-3-2-4-6-19)14-24(32)17-23(31)11-8-20-9-12-25(33)27(13-20)37-18-30/h2-6,9,12-13,15-16,21,24,32-35H,7-8,10-11,14,17-18,30H2,1H3/t21-,24-/m1/s1. The van der Waals surface area contributed by atoms with Gasteiger partial charge in [-0.05, 0) is 72.6 Å². The molecule has 3 aromatic rings. The lowest BCUT2D eigenvalue weighted by atomic mass is 9.86. The van der Waals surface area contributed by atoms with Gasteiger partial charge >= 0.3 is 0 Å². The number of methoxy groups -OCH3 is 1. The predicted octanol–water partition coefficient (Wildman–Crippen LogP) is 4.17. The maximum atomic E-state index is 12.6. The second-order valence-electron chi connectivity index (χ2n) is 9.06. The Morgan fingerprint density at radius 1 is 0.919 bits per heavy atom. The zero-order valence-electron chi connectivity index (χ0n) is 21.0. The highest BCUT2D eigenvalue weighted by Crippen LogP contribution is 2.40. The van der Waals surface area contributed by atoms with Crippen LogP contribution >= 0.6 is 0 Å². The minimum Gasteiger partial charge on any atom is -0.504 e. The number of phenolic OH excluding ortho intramolecular Hbond substituents is 3. The molecule has 0 unspecified atom stereocenters. The normalized spacial score (nSPS) is 12.6. The molecule has 3 rings (SSSR count). The molecule has 8 nitrogen and oxygen atoms in total. The fraction of sp³-hybridized carbons (Fsp3) is 0.345. The van der Waals surface area contributed by atoms with Crippen molar-refractivity contribution in [2.24, 2.45) is 5.73 Å². The molecule has 198 valence electrons. The van der Waals surface area contributed by atoms with E-state index < -0.39 is 6.10 Å². The summed E-state index contributed by atoms with van der Waals surface area (Å²) >= 11 is 0. The SMILES string of the molecule is COc1cc([C@H](CCc2ccccc2)C[C@@H](O)CC(=O)CCc2ccc(O)c(OCN)c2)cc(O)c1O. The van der Waals surface area contributed by atoms with Crippen molar-refractivity contribution < 1.29 is 34.7 Å². The number of nitrogens with two attached hydrogens (primary N) is 1. The number of aliphatic hydroxyl groups is 1. The third-order valence-corrected chi connectivity index (χ3v) is 6.37. The Bertz CT molecular complexity index is 1170. The van der Waals surface area contributed by atoms with E-state index in [-0.39, 0.29) is 60.0 Å². The molecule has 0 fully saturated rings. The van der Waals surface area contributed by atoms with Crippen LogP contribution in [0.3, 0.4) is 0 Å². The molecule has 0 spiro atoms. The van der Waals surface area contributed by atoms with Gasteiger partial charge in [-0.1, -0.05) is 36.4 Å². The van der Waals surface area contributed by atoms with Gasteiger partial charge in [-0.15, -0.1) is 0 Å². The minimum absolute atomic E-state index is 0.00667. The molecule has 0 heterocycles. The van der Waals surface area contributed by atoms with E-state index >= 15 is 0 Å². The molecule has 0 saturated carbocycles. The Kier molecular flexibility index (Phi) is 10.2. The monoisotopic (exact) mass is 509 g/mol. The summed E-state index contributed by atoms with van der Waals surface area (Å²) in [7, 11) is 1.41. The Hall–Kier alpha value is -3.75. The molecular formula is C29H35NO7. The third-order valence-electron chi connectivity index (χ3n) is 6.37. The smallest absolute Gasteiger partial charge is 0.200 e. The molecule has 37 heavy (non-hydrogen) atoms. The molecule has 0 saturated heterocycles. The zero-order valence-corrected chi connectivity index (χ0v) is 21.0. The fourth-order valence-electron chi connectivity index (χ4n) is 4.39. The van der Waals surface area contributed by atoms with E-state index in [1.165, 1.54) is 19.2 Å². The van der Waals surface area contributed by atoms with Crippen molar-refractivity contribution in [2.75, 3.05) is 13.8 Å². The summed E-state index contributed by atoms with van der Waals surface area (Å²) in [5.41, 5.74) is 8.05. The van der Waals surface area contributed by atoms with Crippen LogP contribution < -0.4 is 15.2 Å². The van der Waals surface area contributed by atoms with E-state index in [1.807, 2.05) is 30.3 Å². The third kappa shape index (κ3) is 8.13. The van der Waals surface area contributed by atoms with Gasteiger partial charge in [0.1, 0.15) is 12.5 Å². The maximum absolute atomic E-state index is 12.6. The van der Waals surface area contributed by atoms with Gasteiger partial charge in [-0.25, -0.2) is 0 Å². The number of hydrogen-bond donors (Lipinski definition) is 5. The van der Waals surface area contributed by atoms with Crippen LogP contribution in [0.5, 0.6) is 28.7 Å². The Morgan fingerprint density at radius 3 is 2.38 bits per heavy atom. The molecule has 0 bridgehead atoms. The van der Waals surface area contributed by atoms with E-state index in [2.05, 4.69) is 0 Å². The number of hydrogen-bond acceptors (Lipinski definition) is 8. The number of aryl methyl sites for hydroxylation is 2. The van der Waals surface area contributed by atoms with E-state index in [1.54, 1.807) is 18.2 Å². The van der Waals surface area contributed by atoms with Crippen molar-refractivity contribution >= 4 is 5.78 Å². The van der Waals surface area contributed by atoms with Crippen LogP contribution in [-0.4, -0.2) is 46.2 Å². The van der Waals surface area contributed by atoms with Gasteiger partial charge in [-0.3, -0.25) is 10.5 Å². The van der Waals surface area contributed by atoms with E-state index in [4.69, 9.17) is 15.2 Å². The van der Waals surface area contributed by atoms with Gasteiger partial charge < -0.3 is 29.9 Å². The van der Waals surface area contributed by atoms with Gasteiger partial charge in [-0.2, -0.15) is 0 Å². The molecule has 2 atom stereocenters. The van der Waals surface area contributed by atoms with E-state index in [0.29, 0.717) is 24.8 Å². The second kappa shape index (κ2) is 13.5. The Balaban J connectivity index is 1.65. The average Bonchev–Trinajstić information content (AvgIpc) is 2.89. The largest absolute Gasteiger partial charge is 0.504 e. The molecular weight excluding hydrogens is 474 g/mol. The summed E-state index contributed by atoms with van der Waals surface area (Å²) in [4.78, 5) is 12.6. The first-order chi connectivity index (χ1) is 17.8. The lowest BCUT2D eigenvalue weighted by Crippen LogP contribution is -2.18. The lowest BCUT2D eigenvalue weighted by molar-refractivity contribution is -0.121. The van der Waals surface area contributed by atoms with Crippen molar-refractivity contribution in [3.05, 3.63) is 77.4 Å². The summed E-state index contributed by atoms with van der Waals surface area (Å²) in [6.45, 7) is -0.0712. The summed E-state index contributed by atoms with van der Waals surface area (Å²) in [5.74, 6) is -0.506. The predicted molar refractivity (Wildman–Crippen MR) is 140 cm³/mol. The number of Topliss-reactive ketones (excluding diaryl/α,β-unsaturated/α-hetero) is 1. The molecule has 0 aromatic heterocycles. The second-order valence-corrected chi connectivity index (χ2v) is 9.06. The van der Waals surface area contributed by atoms with Crippen LogP contribution in [0, 0.1) is 0 Å². The average molecular weight is 510 g/mol. The number of carbonyl (C=O) groups excluding carboxylic acids is 1. The van der Waals surface area contributed by atoms with Crippen molar-refractivity contribution in [3.63, 3.8) is 0 Å². The van der Waals surface area contributed by atoms with Crippen LogP contribution in [0.15, 0.2) is 60.7 Å². The van der Waals surface area contributed by atoms with Crippen LogP contribution in [0.1, 0.15) is 48.3 Å². The number of rotatable bonds is 14. The Labute approximate surface area is 216 Å². The number of ether oxygens (including phenoxy) is 2. The van der Waals surface area contributed by atoms with Crippen molar-refractivity contribution in [3.8, 4) is 28.7 Å². The van der Waals surface area contributed by atoms with Crippen molar-refractivity contribution in [1.82, 2.24) is 0 Å². The number of aromatic hydroxyl groups is 3. The van der Waals surface area contributed by atoms with Gasteiger partial charge in [0, 0.05) is 12.8 Å². The summed E-state index contributed by atoms with van der Waals surface area (Å²) in [6.07, 6.45) is 1.49. The Morgan fingerprint density at radius 2 is 1.68 bits per heavy atom. The molecule has 8 heteroatoms. The summed E-state index contributed by atoms with van der Waals surface area (Å²) in [5, 5.41) is 40.8. The highest BCUT2D eigenvalue weighted by molar-refractivity contribution is 5.79. The molecule has 0 radical (unpaired) electrons. The lowest BCUT2D eigenvalue weighted by Gasteiger charge is -2.22. The molecule has 6 N–H and O–H groups in total. The van der Waals surface area contributed by atoms with Crippen molar-refractivity contribution in [2.45, 2.75) is 50.5 Å². The van der Waals surface area contributed by atoms with Crippen LogP contribution in [-0.2, 0) is 17.6 Å². The van der Waals surface area contributed by atoms with Gasteiger partial charge in [0.15, 0.2) is 23.0 Å². The minimum atomic E-state index is -0.883. The number of phenols is 3. The van der Waals surface area contributed by atoms with Gasteiger partial charge in [0.2, 0.25) is 5.75 Å². The fourth-order valence-corrected chi connectivity index (χ4v) is 4.39. The van der Waals surface area contributed by atoms with E-state index in [9.17, 15) is 25.2 Å². The first-order valence-corrected chi connectivity index (χ1v) is 12.3. The van der Waals surface area contributed by atoms with Crippen LogP contribution in [0.25, 0.3) is 0 Å². The van der Waals surface area contributed by atoms with Crippen LogP contribution in [0.4, 0.5) is 0 Å². The molecule has 3 aromatic carbocycles. The molecule has 0 amide bonds. The van der Waals surface area contributed by atoms with Gasteiger partial charge in [0.05, 0.1) is 13.2 Å². The number of carbonyl (C=O) groups is 1. The zero-order chi connectivity index (χ0) is 26.8. The molecule has 0 aliphatic rings. The highest BCUT2D eigenvalue weighted by Gasteiger charge is 2.22. The first-order valence-electron chi connectivity index (χ1n) is 12.3. The summed E-state index contributed by atoms with van der Waals surface area (Å²) in [6, 6.07) is 17.9. The van der Waals surface area contributed by atoms with Crippen molar-refractivity contribution in [1.29, 1.82) is 0 Å². The number of benzene rings is 3. The molecule has 0 aliphatic carbocycles. The number of ketones is 1.